The molecule has 8 heteroatoms. The van der Waals surface area contributed by atoms with E-state index in [0.29, 0.717) is 39.5 Å². The fourth-order valence-corrected chi connectivity index (χ4v) is 13.8. The van der Waals surface area contributed by atoms with Gasteiger partial charge in [-0.2, -0.15) is 18.2 Å². The number of ether oxygens (including phenoxy) is 1. The van der Waals surface area contributed by atoms with Crippen molar-refractivity contribution in [3.05, 3.63) is 296 Å². The second kappa shape index (κ2) is 21.1. The number of aryl methyl sites for hydroxylation is 2. The van der Waals surface area contributed by atoms with Crippen molar-refractivity contribution in [3.63, 3.8) is 0 Å². The minimum absolute atomic E-state index is 0. The predicted molar refractivity (Wildman–Crippen MR) is 372 cm³/mol. The number of hydrogen-bond acceptors (Lipinski definition) is 2. The zero-order valence-corrected chi connectivity index (χ0v) is 51.9. The Balaban J connectivity index is 0.00000827. The Labute approximate surface area is 566 Å². The number of aromatic nitrogens is 6. The Morgan fingerprint density at radius 3 is 1.61 bits per heavy atom. The molecule has 0 saturated heterocycles. The first-order chi connectivity index (χ1) is 50.3. The van der Waals surface area contributed by atoms with E-state index in [1.54, 1.807) is 27.3 Å². The van der Waals surface area contributed by atoms with Gasteiger partial charge in [0.15, 0.2) is 0 Å². The molecule has 7 nitrogen and oxygen atoms in total. The maximum Gasteiger partial charge on any atom is 0.268 e. The van der Waals surface area contributed by atoms with E-state index in [1.807, 2.05) is 162 Å². The molecule has 0 N–H and O–H groups in total. The summed E-state index contributed by atoms with van der Waals surface area (Å²) in [5, 5.41) is 5.35. The monoisotopic (exact) mass is 1380 g/mol. The number of imidazole rings is 1. The molecular weight excluding hydrogens is 1300 g/mol. The van der Waals surface area contributed by atoms with Crippen LogP contribution in [-0.2, 0) is 26.5 Å². The Hall–Kier alpha value is -10.9. The minimum Gasteiger partial charge on any atom is -0.510 e. The Kier molecular flexibility index (Phi) is 9.69. The molecule has 0 saturated carbocycles. The van der Waals surface area contributed by atoms with Crippen molar-refractivity contribution >= 4 is 76.5 Å². The van der Waals surface area contributed by atoms with Gasteiger partial charge in [-0.25, -0.2) is 4.98 Å². The predicted octanol–water partition coefficient (Wildman–Crippen LogP) is 20.7. The van der Waals surface area contributed by atoms with Crippen molar-refractivity contribution in [1.82, 2.24) is 23.3 Å². The van der Waals surface area contributed by atoms with Gasteiger partial charge in [0.2, 0.25) is 0 Å². The van der Waals surface area contributed by atoms with Crippen LogP contribution < -0.4 is 9.30 Å². The number of hydrogen-bond donors (Lipinski definition) is 0. The zero-order chi connectivity index (χ0) is 72.8. The van der Waals surface area contributed by atoms with Crippen LogP contribution in [0.15, 0.2) is 261 Å². The molecule has 1 aliphatic rings. The first-order valence-electron chi connectivity index (χ1n) is 37.0. The third-order valence-electron chi connectivity index (χ3n) is 17.8. The molecule has 6 heterocycles. The van der Waals surface area contributed by atoms with Crippen LogP contribution in [0.25, 0.3) is 150 Å². The molecule has 0 radical (unpaired) electrons. The summed E-state index contributed by atoms with van der Waals surface area (Å²) in [5.41, 5.74) is 5.91. The van der Waals surface area contributed by atoms with Crippen molar-refractivity contribution < 1.29 is 49.6 Å². The van der Waals surface area contributed by atoms with E-state index in [1.165, 1.54) is 18.2 Å². The number of fused-ring (bicyclic) bond motifs is 16. The normalized spacial score (nSPS) is 14.6. The van der Waals surface area contributed by atoms with Gasteiger partial charge in [-0.05, 0) is 158 Å². The van der Waals surface area contributed by atoms with E-state index in [-0.39, 0.29) is 105 Å². The molecule has 18 rings (SSSR count). The van der Waals surface area contributed by atoms with E-state index >= 15 is 0 Å². The quantitative estimate of drug-likeness (QED) is 0.118. The summed E-state index contributed by atoms with van der Waals surface area (Å²) < 4.78 is 151. The first-order valence-corrected chi connectivity index (χ1v) is 30.0. The van der Waals surface area contributed by atoms with Gasteiger partial charge in [0.25, 0.3) is 6.33 Å². The van der Waals surface area contributed by atoms with E-state index in [4.69, 9.17) is 17.9 Å². The van der Waals surface area contributed by atoms with Gasteiger partial charge in [-0.1, -0.05) is 184 Å². The van der Waals surface area contributed by atoms with Gasteiger partial charge < -0.3 is 23.0 Å². The molecule has 17 aromatic rings. The third-order valence-corrected chi connectivity index (χ3v) is 17.8. The van der Waals surface area contributed by atoms with Crippen molar-refractivity contribution in [2.45, 2.75) is 39.9 Å². The summed E-state index contributed by atoms with van der Waals surface area (Å²) in [7, 11) is 0. The molecule has 0 spiro atoms. The van der Waals surface area contributed by atoms with Crippen LogP contribution in [0.5, 0.6) is 11.5 Å². The molecule has 12 aromatic carbocycles. The Morgan fingerprint density at radius 1 is 0.478 bits per heavy atom. The van der Waals surface area contributed by atoms with Crippen LogP contribution in [0.3, 0.4) is 0 Å². The van der Waals surface area contributed by atoms with E-state index in [9.17, 15) is 11.0 Å². The van der Waals surface area contributed by atoms with Crippen LogP contribution in [0.4, 0.5) is 0 Å². The molecule has 0 fully saturated rings. The van der Waals surface area contributed by atoms with Gasteiger partial charge >= 0.3 is 0 Å². The molecule has 0 bridgehead atoms. The van der Waals surface area contributed by atoms with Gasteiger partial charge in [-0.15, -0.1) is 29.7 Å². The van der Waals surface area contributed by atoms with E-state index in [2.05, 4.69) is 66.6 Å². The maximum absolute atomic E-state index is 10.4. The average molecular weight is 1380 g/mol. The standard InChI is InChI=1S/C84H58N6O.Pt/c1-52-22-20-23-53(2)81(52)54-44-70-62-28-8-6-26-60(62)61-27-7-9-29-63(61)71-48-57(88-72-35-15-10-30-64(72)65-31-11-16-36-73(65)88)49-78-82(71)87(83(70)79(45-54)89-74-37-17-12-32-66(74)67-33-13-18-38-75(67)89)51-86(78)56-24-21-25-58(47-56)91-59-40-41-69-68-34-14-19-39-76(68)90(77(69)50-59)80-46-55(42-43-85-80)84(3,4)5;/h6-46,48-49H,1-5H3;/q-2;/i1D3,2D3,6D,7D,8D,9D,26D,27D,28D,29D;. The van der Waals surface area contributed by atoms with Gasteiger partial charge in [0, 0.05) is 79.7 Å². The van der Waals surface area contributed by atoms with Gasteiger partial charge in [0.1, 0.15) is 5.82 Å². The molecule has 0 atom stereocenters. The first kappa shape index (κ1) is 42.2. The fourth-order valence-electron chi connectivity index (χ4n) is 13.8. The molecule has 0 amide bonds. The van der Waals surface area contributed by atoms with Gasteiger partial charge in [-0.3, -0.25) is 4.57 Å². The summed E-state index contributed by atoms with van der Waals surface area (Å²) in [6.07, 6.45) is 5.59. The van der Waals surface area contributed by atoms with E-state index < -0.39 is 62.0 Å². The molecule has 442 valence electrons. The molecular formula is C84H58N6OPt-2. The maximum atomic E-state index is 10.4. The topological polar surface area (TPSA) is 45.7 Å². The van der Waals surface area contributed by atoms with Crippen molar-refractivity contribution in [2.75, 3.05) is 0 Å². The summed E-state index contributed by atoms with van der Waals surface area (Å²) in [4.78, 5) is 4.90. The third kappa shape index (κ3) is 8.45. The Bertz CT molecular complexity index is 6520. The number of rotatable bonds is 7. The zero-order valence-electron chi connectivity index (χ0n) is 63.6. The van der Waals surface area contributed by atoms with Crippen molar-refractivity contribution in [2.24, 2.45) is 0 Å². The average Bonchev–Trinajstić information content (AvgIpc) is 1.49. The largest absolute Gasteiger partial charge is 0.510 e. The van der Waals surface area contributed by atoms with Crippen LogP contribution in [-0.4, -0.2) is 23.3 Å². The van der Waals surface area contributed by atoms with Gasteiger partial charge in [0.05, 0.1) is 55.4 Å². The molecule has 0 aliphatic carbocycles. The van der Waals surface area contributed by atoms with Crippen LogP contribution >= 0.6 is 0 Å². The number of benzene rings is 12. The number of nitrogens with zero attached hydrogens (tertiary/aromatic N) is 6. The molecule has 92 heavy (non-hydrogen) atoms. The summed E-state index contributed by atoms with van der Waals surface area (Å²) >= 11 is 0. The van der Waals surface area contributed by atoms with Crippen LogP contribution in [0.1, 0.15) is 56.7 Å². The SMILES string of the molecule is [2H]c1c([2H])c([2H])c2c(c1[2H])-c1cc(-c3c(C([2H])([2H])[2H])cccc3C([2H])([2H])[2H])cc(-n3c4ccccc4c4ccccc43)c1-[n+]1[c-]n(-c3[c-]c(Oc4[c-]c5c(cc4)c4ccccc4n5-c4cc(C(C)(C)C)ccn4)ccc3)c3cc(-n4c5ccccc5c5ccccc54)cc(c31)-c1c([2H])c([2H])c([2H])c([2H])c1-2.[Pt]. The second-order valence-electron chi connectivity index (χ2n) is 24.1. The number of para-hydroxylation sites is 5. The van der Waals surface area contributed by atoms with Crippen molar-refractivity contribution in [3.8, 4) is 84.6 Å². The summed E-state index contributed by atoms with van der Waals surface area (Å²) in [6, 6.07) is 66.0. The summed E-state index contributed by atoms with van der Waals surface area (Å²) in [6.45, 7) is 0.631. The molecule has 0 unspecified atom stereocenters. The molecule has 1 aliphatic heterocycles. The molecule has 5 aromatic heterocycles. The summed E-state index contributed by atoms with van der Waals surface area (Å²) in [5.74, 6) is 1.33. The van der Waals surface area contributed by atoms with Crippen molar-refractivity contribution in [1.29, 1.82) is 0 Å². The Morgan fingerprint density at radius 2 is 1.01 bits per heavy atom. The minimum atomic E-state index is -2.93. The fraction of sp³-hybridized carbons (Fsp3) is 0.0714. The van der Waals surface area contributed by atoms with E-state index in [0.717, 1.165) is 59.9 Å². The second-order valence-corrected chi connectivity index (χ2v) is 24.1. The van der Waals surface area contributed by atoms with Crippen LogP contribution in [0, 0.1) is 32.2 Å². The number of pyridine rings is 1. The van der Waals surface area contributed by atoms with Crippen LogP contribution in [0.2, 0.25) is 0 Å². The smallest absolute Gasteiger partial charge is 0.268 e.